The molecule has 1 unspecified atom stereocenters. The fraction of sp³-hybridized carbons (Fsp3) is 0.714. The van der Waals surface area contributed by atoms with Gasteiger partial charge in [0.05, 0.1) is 0 Å². The Morgan fingerprint density at radius 1 is 1.64 bits per heavy atom. The third-order valence-electron chi connectivity index (χ3n) is 1.74. The summed E-state index contributed by atoms with van der Waals surface area (Å²) in [5.74, 6) is 0. The summed E-state index contributed by atoms with van der Waals surface area (Å²) in [5.41, 5.74) is 0. The van der Waals surface area contributed by atoms with E-state index >= 15 is 0 Å². The minimum absolute atomic E-state index is 0.0694. The molecule has 1 atom stereocenters. The molecule has 0 spiro atoms. The standard InChI is InChI=1S/C7H12N4/c1-6(2)11-7(3)10(4-8)5-9-11/h5-7H,1-3H3. The Bertz CT molecular complexity index is 203. The summed E-state index contributed by atoms with van der Waals surface area (Å²) < 4.78 is 0. The Morgan fingerprint density at radius 3 is 2.55 bits per heavy atom. The number of rotatable bonds is 1. The Morgan fingerprint density at radius 2 is 2.27 bits per heavy atom. The van der Waals surface area contributed by atoms with E-state index in [0.29, 0.717) is 6.04 Å². The molecule has 60 valence electrons. The van der Waals surface area contributed by atoms with Crippen LogP contribution >= 0.6 is 0 Å². The molecule has 0 saturated carbocycles. The van der Waals surface area contributed by atoms with Crippen LogP contribution in [0, 0.1) is 11.5 Å². The summed E-state index contributed by atoms with van der Waals surface area (Å²) in [4.78, 5) is 1.53. The van der Waals surface area contributed by atoms with Gasteiger partial charge in [0.2, 0.25) is 0 Å². The van der Waals surface area contributed by atoms with Gasteiger partial charge in [-0.2, -0.15) is 10.4 Å². The van der Waals surface area contributed by atoms with Gasteiger partial charge in [-0.3, -0.25) is 5.01 Å². The molecule has 1 heterocycles. The maximum absolute atomic E-state index is 8.59. The van der Waals surface area contributed by atoms with Crippen LogP contribution in [0.2, 0.25) is 0 Å². The lowest BCUT2D eigenvalue weighted by molar-refractivity contribution is 0.140. The highest BCUT2D eigenvalue weighted by Crippen LogP contribution is 2.13. The monoisotopic (exact) mass is 152 g/mol. The van der Waals surface area contributed by atoms with Crippen LogP contribution in [0.25, 0.3) is 0 Å². The molecule has 4 nitrogen and oxygen atoms in total. The fourth-order valence-electron chi connectivity index (χ4n) is 1.11. The van der Waals surface area contributed by atoms with E-state index in [1.165, 1.54) is 4.90 Å². The summed E-state index contributed by atoms with van der Waals surface area (Å²) in [6.45, 7) is 6.06. The maximum Gasteiger partial charge on any atom is 0.187 e. The van der Waals surface area contributed by atoms with Crippen LogP contribution in [0.5, 0.6) is 0 Å². The first-order valence-electron chi connectivity index (χ1n) is 3.67. The highest BCUT2D eigenvalue weighted by molar-refractivity contribution is 5.59. The molecule has 0 aromatic rings. The zero-order valence-corrected chi connectivity index (χ0v) is 7.02. The molecular formula is C7H12N4. The van der Waals surface area contributed by atoms with Gasteiger partial charge in [-0.05, 0) is 20.8 Å². The molecule has 4 heteroatoms. The summed E-state index contributed by atoms with van der Waals surface area (Å²) in [6, 6.07) is 0.347. The van der Waals surface area contributed by atoms with Gasteiger partial charge in [-0.1, -0.05) is 0 Å². The Labute approximate surface area is 66.7 Å². The normalized spacial score (nSPS) is 23.0. The molecule has 1 rings (SSSR count). The lowest BCUT2D eigenvalue weighted by atomic mass is 10.3. The van der Waals surface area contributed by atoms with E-state index in [2.05, 4.69) is 18.9 Å². The summed E-state index contributed by atoms with van der Waals surface area (Å²) >= 11 is 0. The number of hydrogen-bond donors (Lipinski definition) is 0. The summed E-state index contributed by atoms with van der Waals surface area (Å²) in [7, 11) is 0. The second-order valence-electron chi connectivity index (χ2n) is 2.84. The third-order valence-corrected chi connectivity index (χ3v) is 1.74. The van der Waals surface area contributed by atoms with Crippen molar-refractivity contribution in [3.63, 3.8) is 0 Å². The molecule has 0 radical (unpaired) electrons. The third kappa shape index (κ3) is 1.27. The van der Waals surface area contributed by atoms with Crippen molar-refractivity contribution in [1.29, 1.82) is 5.26 Å². The first kappa shape index (κ1) is 7.86. The topological polar surface area (TPSA) is 42.6 Å². The lowest BCUT2D eigenvalue weighted by Gasteiger charge is -2.25. The lowest BCUT2D eigenvalue weighted by Crippen LogP contribution is -2.37. The van der Waals surface area contributed by atoms with Gasteiger partial charge in [0.15, 0.2) is 6.19 Å². The van der Waals surface area contributed by atoms with E-state index < -0.39 is 0 Å². The van der Waals surface area contributed by atoms with Crippen LogP contribution in [0.1, 0.15) is 20.8 Å². The zero-order valence-electron chi connectivity index (χ0n) is 7.02. The molecule has 0 saturated heterocycles. The molecule has 0 aliphatic carbocycles. The van der Waals surface area contributed by atoms with Crippen LogP contribution < -0.4 is 0 Å². The smallest absolute Gasteiger partial charge is 0.187 e. The van der Waals surface area contributed by atoms with Crippen molar-refractivity contribution in [2.75, 3.05) is 0 Å². The van der Waals surface area contributed by atoms with Crippen molar-refractivity contribution < 1.29 is 0 Å². The van der Waals surface area contributed by atoms with E-state index in [-0.39, 0.29) is 6.17 Å². The van der Waals surface area contributed by atoms with E-state index in [4.69, 9.17) is 5.26 Å². The largest absolute Gasteiger partial charge is 0.270 e. The fourth-order valence-corrected chi connectivity index (χ4v) is 1.11. The summed E-state index contributed by atoms with van der Waals surface area (Å²) in [6.07, 6.45) is 3.67. The highest BCUT2D eigenvalue weighted by Gasteiger charge is 2.24. The molecular weight excluding hydrogens is 140 g/mol. The van der Waals surface area contributed by atoms with Gasteiger partial charge in [0.1, 0.15) is 12.5 Å². The van der Waals surface area contributed by atoms with Crippen LogP contribution in [-0.4, -0.2) is 28.5 Å². The van der Waals surface area contributed by atoms with Crippen molar-refractivity contribution in [3.05, 3.63) is 0 Å². The second kappa shape index (κ2) is 2.79. The predicted octanol–water partition coefficient (Wildman–Crippen LogP) is 0.783. The number of hydrogen-bond acceptors (Lipinski definition) is 4. The van der Waals surface area contributed by atoms with Gasteiger partial charge >= 0.3 is 0 Å². The first-order chi connectivity index (χ1) is 5.16. The Balaban J connectivity index is 2.65. The molecule has 1 aliphatic rings. The van der Waals surface area contributed by atoms with Crippen LogP contribution in [-0.2, 0) is 0 Å². The van der Waals surface area contributed by atoms with Crippen LogP contribution in [0.15, 0.2) is 5.10 Å². The number of hydrazone groups is 1. The van der Waals surface area contributed by atoms with Gasteiger partial charge < -0.3 is 0 Å². The van der Waals surface area contributed by atoms with Crippen molar-refractivity contribution in [2.24, 2.45) is 5.10 Å². The maximum atomic E-state index is 8.59. The predicted molar refractivity (Wildman–Crippen MR) is 42.4 cm³/mol. The van der Waals surface area contributed by atoms with Gasteiger partial charge in [-0.15, -0.1) is 0 Å². The average molecular weight is 152 g/mol. The minimum Gasteiger partial charge on any atom is -0.270 e. The Kier molecular flexibility index (Phi) is 1.99. The number of nitriles is 1. The first-order valence-corrected chi connectivity index (χ1v) is 3.67. The van der Waals surface area contributed by atoms with E-state index in [9.17, 15) is 0 Å². The minimum atomic E-state index is 0.0694. The molecule has 11 heavy (non-hydrogen) atoms. The van der Waals surface area contributed by atoms with E-state index in [1.807, 2.05) is 18.1 Å². The Hall–Kier alpha value is -1.24. The average Bonchev–Trinajstić information content (AvgIpc) is 2.30. The quantitative estimate of drug-likeness (QED) is 0.521. The van der Waals surface area contributed by atoms with Gasteiger partial charge in [0.25, 0.3) is 0 Å². The molecule has 1 aliphatic heterocycles. The number of nitrogens with zero attached hydrogens (tertiary/aromatic N) is 4. The molecule has 0 bridgehead atoms. The second-order valence-corrected chi connectivity index (χ2v) is 2.84. The molecule has 0 fully saturated rings. The van der Waals surface area contributed by atoms with Crippen LogP contribution in [0.4, 0.5) is 0 Å². The zero-order chi connectivity index (χ0) is 8.43. The van der Waals surface area contributed by atoms with Crippen LogP contribution in [0.3, 0.4) is 0 Å². The summed E-state index contributed by atoms with van der Waals surface area (Å²) in [5, 5.41) is 14.6. The van der Waals surface area contributed by atoms with E-state index in [1.54, 1.807) is 6.34 Å². The molecule has 0 N–H and O–H groups in total. The van der Waals surface area contributed by atoms with Gasteiger partial charge in [-0.25, -0.2) is 4.90 Å². The SMILES string of the molecule is CC(C)N1N=CN(C#N)C1C. The van der Waals surface area contributed by atoms with Crippen molar-refractivity contribution >= 4 is 6.34 Å². The van der Waals surface area contributed by atoms with Gasteiger partial charge in [0, 0.05) is 6.04 Å². The molecule has 0 aromatic heterocycles. The van der Waals surface area contributed by atoms with Crippen molar-refractivity contribution in [3.8, 4) is 6.19 Å². The highest BCUT2D eigenvalue weighted by atomic mass is 15.6. The van der Waals surface area contributed by atoms with E-state index in [0.717, 1.165) is 0 Å². The molecule has 0 amide bonds. The molecule has 0 aromatic carbocycles. The van der Waals surface area contributed by atoms with Crippen molar-refractivity contribution in [1.82, 2.24) is 9.91 Å². The van der Waals surface area contributed by atoms with Crippen molar-refractivity contribution in [2.45, 2.75) is 33.0 Å².